The Hall–Kier alpha value is -1.24. The monoisotopic (exact) mass is 499 g/mol. The van der Waals surface area contributed by atoms with Gasteiger partial charge in [-0.05, 0) is 40.1 Å². The predicted molar refractivity (Wildman–Crippen MR) is 126 cm³/mol. The van der Waals surface area contributed by atoms with E-state index < -0.39 is 54.3 Å². The zero-order chi connectivity index (χ0) is 25.0. The molecule has 0 radical (unpaired) electrons. The Kier molecular flexibility index (Phi) is 9.76. The van der Waals surface area contributed by atoms with Crippen LogP contribution in [-0.4, -0.2) is 105 Å². The number of carbonyl (C=O) groups excluding carboxylic acids is 1. The van der Waals surface area contributed by atoms with E-state index in [1.165, 1.54) is 32.9 Å². The number of carbonyl (C=O) groups is 1. The van der Waals surface area contributed by atoms with E-state index in [1.807, 2.05) is 63.2 Å². The van der Waals surface area contributed by atoms with Gasteiger partial charge in [-0.25, -0.2) is 0 Å². The Morgan fingerprint density at radius 1 is 0.971 bits per heavy atom. The zero-order valence-electron chi connectivity index (χ0n) is 20.8. The number of nitrogens with zero attached hydrogens (tertiary/aromatic N) is 1. The smallest absolute Gasteiger partial charge is 0.303 e. The van der Waals surface area contributed by atoms with Gasteiger partial charge in [-0.1, -0.05) is 30.0 Å². The van der Waals surface area contributed by atoms with Crippen molar-refractivity contribution < 1.29 is 38.3 Å². The quantitative estimate of drug-likeness (QED) is 0.535. The average Bonchev–Trinajstić information content (AvgIpc) is 2.77. The molecule has 1 N–H and O–H groups in total. The van der Waals surface area contributed by atoms with Crippen molar-refractivity contribution in [1.82, 2.24) is 4.90 Å². The topological polar surface area (TPSA) is 95.9 Å². The molecule has 0 spiro atoms. The van der Waals surface area contributed by atoms with Crippen molar-refractivity contribution in [3.8, 4) is 0 Å². The van der Waals surface area contributed by atoms with E-state index in [0.717, 1.165) is 4.90 Å². The summed E-state index contributed by atoms with van der Waals surface area (Å²) in [5.41, 5.74) is -0.472. The number of thioether (sulfide) groups is 1. The lowest BCUT2D eigenvalue weighted by atomic mass is 9.95. The highest BCUT2D eigenvalue weighted by molar-refractivity contribution is 7.99. The van der Waals surface area contributed by atoms with Crippen molar-refractivity contribution in [2.75, 3.05) is 28.3 Å². The number of ether oxygens (including phenoxy) is 6. The number of methoxy groups -OCH3 is 2. The molecule has 34 heavy (non-hydrogen) atoms. The Balaban J connectivity index is 1.81. The van der Waals surface area contributed by atoms with E-state index in [9.17, 15) is 9.90 Å². The van der Waals surface area contributed by atoms with Crippen LogP contribution in [0.25, 0.3) is 0 Å². The summed E-state index contributed by atoms with van der Waals surface area (Å²) in [6.45, 7) is 5.09. The Morgan fingerprint density at radius 3 is 2.15 bits per heavy atom. The van der Waals surface area contributed by atoms with Gasteiger partial charge in [0.2, 0.25) is 0 Å². The van der Waals surface area contributed by atoms with Crippen molar-refractivity contribution in [3.05, 3.63) is 30.3 Å². The van der Waals surface area contributed by atoms with Gasteiger partial charge >= 0.3 is 5.97 Å². The lowest BCUT2D eigenvalue weighted by Gasteiger charge is -2.49. The summed E-state index contributed by atoms with van der Waals surface area (Å²) in [6.07, 6.45) is -4.98. The van der Waals surface area contributed by atoms with Crippen LogP contribution in [0.15, 0.2) is 35.2 Å². The molecular formula is C24H37NO8S. The molecule has 1 aromatic rings. The highest BCUT2D eigenvalue weighted by atomic mass is 32.2. The van der Waals surface area contributed by atoms with Gasteiger partial charge in [0, 0.05) is 26.0 Å². The van der Waals surface area contributed by atoms with Gasteiger partial charge in [0.1, 0.15) is 29.9 Å². The third-order valence-electron chi connectivity index (χ3n) is 6.23. The molecule has 192 valence electrons. The van der Waals surface area contributed by atoms with E-state index in [4.69, 9.17) is 28.4 Å². The van der Waals surface area contributed by atoms with Crippen molar-refractivity contribution >= 4 is 17.7 Å². The van der Waals surface area contributed by atoms with Gasteiger partial charge in [0.25, 0.3) is 0 Å². The summed E-state index contributed by atoms with van der Waals surface area (Å²) in [5, 5.41) is 11.3. The van der Waals surface area contributed by atoms with Crippen LogP contribution in [0.2, 0.25) is 0 Å². The normalized spacial score (nSPS) is 38.6. The standard InChI is InChI=1S/C24H37NO8S/c1-13-19(17(25(4)5)18(27)24(31-13)34-16-11-9-8-10-12-16)33-23-22(29-7)21(32-15(3)26)20(28-6)14(2)30-23/h8-14,17-24,27H,1-7H3/t13-,14-,17-,18-,19-,20-,21+,22-,23+,24?/m1/s1. The molecule has 2 aliphatic rings. The molecule has 2 fully saturated rings. The molecule has 0 aliphatic carbocycles. The van der Waals surface area contributed by atoms with Crippen LogP contribution in [0.3, 0.4) is 0 Å². The molecule has 0 amide bonds. The number of rotatable bonds is 8. The van der Waals surface area contributed by atoms with Gasteiger partial charge in [-0.3, -0.25) is 4.79 Å². The lowest BCUT2D eigenvalue weighted by Crippen LogP contribution is -2.65. The van der Waals surface area contributed by atoms with E-state index in [-0.39, 0.29) is 12.1 Å². The van der Waals surface area contributed by atoms with E-state index in [1.54, 1.807) is 0 Å². The number of hydrogen-bond donors (Lipinski definition) is 1. The van der Waals surface area contributed by atoms with Crippen molar-refractivity contribution in [2.45, 2.75) is 86.2 Å². The van der Waals surface area contributed by atoms with Gasteiger partial charge in [-0.2, -0.15) is 0 Å². The van der Waals surface area contributed by atoms with Crippen LogP contribution >= 0.6 is 11.8 Å². The second kappa shape index (κ2) is 12.1. The second-order valence-electron chi connectivity index (χ2n) is 8.87. The molecule has 9 nitrogen and oxygen atoms in total. The first-order chi connectivity index (χ1) is 16.2. The molecule has 2 aliphatic heterocycles. The number of likely N-dealkylation sites (N-methyl/N-ethyl adjacent to an activating group) is 1. The molecule has 10 atom stereocenters. The van der Waals surface area contributed by atoms with Crippen LogP contribution in [0, 0.1) is 0 Å². The number of aliphatic hydroxyl groups is 1. The molecule has 1 aromatic carbocycles. The Morgan fingerprint density at radius 2 is 1.59 bits per heavy atom. The molecule has 0 aromatic heterocycles. The Labute approximate surface area is 206 Å². The first-order valence-corrected chi connectivity index (χ1v) is 12.3. The summed E-state index contributed by atoms with van der Waals surface area (Å²) in [7, 11) is 6.84. The molecule has 10 heteroatoms. The van der Waals surface area contributed by atoms with Crippen LogP contribution in [0.4, 0.5) is 0 Å². The number of esters is 1. The molecule has 1 unspecified atom stereocenters. The van der Waals surface area contributed by atoms with E-state index in [0.29, 0.717) is 0 Å². The van der Waals surface area contributed by atoms with Crippen LogP contribution in [-0.2, 0) is 33.2 Å². The molecule has 3 rings (SSSR count). The first kappa shape index (κ1) is 27.3. The van der Waals surface area contributed by atoms with Crippen LogP contribution in [0.5, 0.6) is 0 Å². The fourth-order valence-electron chi connectivity index (χ4n) is 4.66. The SMILES string of the molecule is CO[C@H]1[C@H](O[C@H]2[C@H](N(C)C)[C@@H](O)C(Sc3ccccc3)O[C@@H]2C)O[C@H](C)[C@@H](OC)[C@@H]1OC(C)=O. The van der Waals surface area contributed by atoms with Gasteiger partial charge in [0.15, 0.2) is 12.4 Å². The van der Waals surface area contributed by atoms with Crippen LogP contribution in [0.1, 0.15) is 20.8 Å². The second-order valence-corrected chi connectivity index (χ2v) is 10.0. The Bertz CT molecular complexity index is 783. The number of hydrogen-bond acceptors (Lipinski definition) is 10. The minimum Gasteiger partial charge on any atom is -0.457 e. The number of aliphatic hydroxyl groups excluding tert-OH is 1. The van der Waals surface area contributed by atoms with E-state index in [2.05, 4.69) is 0 Å². The lowest BCUT2D eigenvalue weighted by molar-refractivity contribution is -0.331. The maximum atomic E-state index is 11.8. The first-order valence-electron chi connectivity index (χ1n) is 11.4. The zero-order valence-corrected chi connectivity index (χ0v) is 21.6. The minimum atomic E-state index is -0.861. The average molecular weight is 500 g/mol. The predicted octanol–water partition coefficient (Wildman–Crippen LogP) is 1.91. The molecule has 0 saturated carbocycles. The summed E-state index contributed by atoms with van der Waals surface area (Å²) in [5.74, 6) is -0.446. The van der Waals surface area contributed by atoms with Gasteiger partial charge < -0.3 is 38.4 Å². The number of benzene rings is 1. The van der Waals surface area contributed by atoms with Crippen molar-refractivity contribution in [3.63, 3.8) is 0 Å². The largest absolute Gasteiger partial charge is 0.457 e. The fraction of sp³-hybridized carbons (Fsp3) is 0.708. The highest BCUT2D eigenvalue weighted by Gasteiger charge is 2.52. The van der Waals surface area contributed by atoms with Gasteiger partial charge in [0.05, 0.1) is 18.2 Å². The maximum absolute atomic E-state index is 11.8. The summed E-state index contributed by atoms with van der Waals surface area (Å²) in [4.78, 5) is 14.7. The summed E-state index contributed by atoms with van der Waals surface area (Å²) >= 11 is 1.48. The summed E-state index contributed by atoms with van der Waals surface area (Å²) < 4.78 is 35.5. The highest BCUT2D eigenvalue weighted by Crippen LogP contribution is 2.37. The van der Waals surface area contributed by atoms with Gasteiger partial charge in [-0.15, -0.1) is 0 Å². The third kappa shape index (κ3) is 6.11. The molecular weight excluding hydrogens is 462 g/mol. The molecule has 2 heterocycles. The maximum Gasteiger partial charge on any atom is 0.303 e. The fourth-order valence-corrected chi connectivity index (χ4v) is 5.77. The molecule has 0 bridgehead atoms. The third-order valence-corrected chi connectivity index (χ3v) is 7.40. The summed E-state index contributed by atoms with van der Waals surface area (Å²) in [6, 6.07) is 9.45. The van der Waals surface area contributed by atoms with Crippen LogP contribution < -0.4 is 0 Å². The van der Waals surface area contributed by atoms with E-state index >= 15 is 0 Å². The van der Waals surface area contributed by atoms with Crippen molar-refractivity contribution in [2.24, 2.45) is 0 Å². The van der Waals surface area contributed by atoms with Crippen molar-refractivity contribution in [1.29, 1.82) is 0 Å². The minimum absolute atomic E-state index is 0.360. The molecule has 2 saturated heterocycles.